The van der Waals surface area contributed by atoms with Crippen molar-refractivity contribution in [1.29, 1.82) is 0 Å². The van der Waals surface area contributed by atoms with Crippen LogP contribution in [0.25, 0.3) is 0 Å². The highest BCUT2D eigenvalue weighted by molar-refractivity contribution is 6.35. The molecule has 2 nitrogen and oxygen atoms in total. The minimum Gasteiger partial charge on any atom is -0.352 e. The molecule has 0 fully saturated rings. The van der Waals surface area contributed by atoms with E-state index in [4.69, 9.17) is 23.2 Å². The third kappa shape index (κ3) is 4.66. The maximum Gasteiger partial charge on any atom is 0.252 e. The van der Waals surface area contributed by atoms with Crippen LogP contribution < -0.4 is 5.32 Å². The van der Waals surface area contributed by atoms with E-state index in [9.17, 15) is 4.79 Å². The summed E-state index contributed by atoms with van der Waals surface area (Å²) in [4.78, 5) is 12.4. The van der Waals surface area contributed by atoms with Crippen molar-refractivity contribution >= 4 is 29.1 Å². The zero-order chi connectivity index (χ0) is 18.4. The molecular formula is C22H19Cl2NO. The summed E-state index contributed by atoms with van der Waals surface area (Å²) in [6, 6.07) is 25.5. The lowest BCUT2D eigenvalue weighted by Crippen LogP contribution is -2.26. The summed E-state index contributed by atoms with van der Waals surface area (Å²) in [5.41, 5.74) is 2.86. The Morgan fingerprint density at radius 3 is 2.00 bits per heavy atom. The van der Waals surface area contributed by atoms with E-state index >= 15 is 0 Å². The van der Waals surface area contributed by atoms with Gasteiger partial charge in [0.25, 0.3) is 5.91 Å². The second-order valence-corrected chi connectivity index (χ2v) is 6.89. The van der Waals surface area contributed by atoms with Crippen molar-refractivity contribution < 1.29 is 4.79 Å². The first-order valence-electron chi connectivity index (χ1n) is 8.48. The van der Waals surface area contributed by atoms with E-state index in [-0.39, 0.29) is 11.8 Å². The van der Waals surface area contributed by atoms with Gasteiger partial charge in [-0.3, -0.25) is 4.79 Å². The van der Waals surface area contributed by atoms with Crippen molar-refractivity contribution in [3.63, 3.8) is 0 Å². The van der Waals surface area contributed by atoms with Gasteiger partial charge in [-0.15, -0.1) is 0 Å². The number of hydrogen-bond donors (Lipinski definition) is 1. The zero-order valence-corrected chi connectivity index (χ0v) is 15.7. The Morgan fingerprint density at radius 2 is 1.42 bits per heavy atom. The first-order chi connectivity index (χ1) is 12.6. The van der Waals surface area contributed by atoms with Gasteiger partial charge in [-0.25, -0.2) is 0 Å². The summed E-state index contributed by atoms with van der Waals surface area (Å²) < 4.78 is 0. The standard InChI is InChI=1S/C22H19Cl2NO/c23-18-11-12-21(24)20(15-18)22(26)25-14-13-19(16-7-3-1-4-8-16)17-9-5-2-6-10-17/h1-12,15,19H,13-14H2,(H,25,26). The number of carbonyl (C=O) groups excluding carboxylic acids is 1. The van der Waals surface area contributed by atoms with Gasteiger partial charge in [0.15, 0.2) is 0 Å². The Balaban J connectivity index is 1.71. The summed E-state index contributed by atoms with van der Waals surface area (Å²) >= 11 is 12.1. The highest BCUT2D eigenvalue weighted by Crippen LogP contribution is 2.27. The SMILES string of the molecule is O=C(NCCC(c1ccccc1)c1ccccc1)c1cc(Cl)ccc1Cl. The molecule has 26 heavy (non-hydrogen) atoms. The van der Waals surface area contributed by atoms with Crippen LogP contribution in [0, 0.1) is 0 Å². The number of carbonyl (C=O) groups is 1. The minimum absolute atomic E-state index is 0.211. The first kappa shape index (κ1) is 18.5. The number of benzene rings is 3. The fourth-order valence-electron chi connectivity index (χ4n) is 2.99. The van der Waals surface area contributed by atoms with Crippen LogP contribution in [0.1, 0.15) is 33.8 Å². The predicted molar refractivity (Wildman–Crippen MR) is 108 cm³/mol. The molecule has 3 aromatic carbocycles. The Kier molecular flexibility index (Phi) is 6.32. The van der Waals surface area contributed by atoms with Crippen molar-refractivity contribution in [1.82, 2.24) is 5.32 Å². The average Bonchev–Trinajstić information content (AvgIpc) is 2.68. The smallest absolute Gasteiger partial charge is 0.252 e. The van der Waals surface area contributed by atoms with Crippen LogP contribution in [-0.4, -0.2) is 12.5 Å². The largest absolute Gasteiger partial charge is 0.352 e. The molecule has 0 aliphatic carbocycles. The molecule has 3 rings (SSSR count). The van der Waals surface area contributed by atoms with Crippen LogP contribution in [0.4, 0.5) is 0 Å². The van der Waals surface area contributed by atoms with Gasteiger partial charge in [-0.2, -0.15) is 0 Å². The van der Waals surface area contributed by atoms with Gasteiger partial charge in [0.2, 0.25) is 0 Å². The Bertz CT molecular complexity index is 826. The number of nitrogens with one attached hydrogen (secondary N) is 1. The van der Waals surface area contributed by atoms with Crippen LogP contribution in [0.2, 0.25) is 10.0 Å². The third-order valence-corrected chi connectivity index (χ3v) is 4.86. The topological polar surface area (TPSA) is 29.1 Å². The van der Waals surface area contributed by atoms with E-state index in [0.717, 1.165) is 6.42 Å². The fraction of sp³-hybridized carbons (Fsp3) is 0.136. The quantitative estimate of drug-likeness (QED) is 0.559. The molecule has 0 spiro atoms. The van der Waals surface area contributed by atoms with Gasteiger partial charge in [-0.05, 0) is 35.7 Å². The lowest BCUT2D eigenvalue weighted by atomic mass is 9.88. The summed E-state index contributed by atoms with van der Waals surface area (Å²) in [5.74, 6) is 0.00454. The Labute approximate surface area is 163 Å². The summed E-state index contributed by atoms with van der Waals surface area (Å²) in [6.45, 7) is 0.538. The van der Waals surface area contributed by atoms with E-state index in [2.05, 4.69) is 29.6 Å². The van der Waals surface area contributed by atoms with Gasteiger partial charge in [0.1, 0.15) is 0 Å². The Hall–Kier alpha value is -2.29. The number of amides is 1. The summed E-state index contributed by atoms with van der Waals surface area (Å²) in [6.07, 6.45) is 0.790. The molecule has 0 aromatic heterocycles. The lowest BCUT2D eigenvalue weighted by Gasteiger charge is -2.18. The maximum atomic E-state index is 12.4. The van der Waals surface area contributed by atoms with Crippen molar-refractivity contribution in [2.75, 3.05) is 6.54 Å². The molecule has 0 aliphatic rings. The normalized spacial score (nSPS) is 10.7. The molecule has 0 radical (unpaired) electrons. The van der Waals surface area contributed by atoms with Gasteiger partial charge < -0.3 is 5.32 Å². The second-order valence-electron chi connectivity index (χ2n) is 6.04. The van der Waals surface area contributed by atoms with Crippen LogP contribution in [0.5, 0.6) is 0 Å². The van der Waals surface area contributed by atoms with Gasteiger partial charge in [0.05, 0.1) is 10.6 Å². The van der Waals surface area contributed by atoms with Gasteiger partial charge >= 0.3 is 0 Å². The molecule has 1 N–H and O–H groups in total. The van der Waals surface area contributed by atoms with Crippen molar-refractivity contribution in [3.05, 3.63) is 106 Å². The van der Waals surface area contributed by atoms with Crippen LogP contribution in [0.3, 0.4) is 0 Å². The van der Waals surface area contributed by atoms with Crippen molar-refractivity contribution in [2.24, 2.45) is 0 Å². The predicted octanol–water partition coefficient (Wildman–Crippen LogP) is 5.95. The molecule has 132 valence electrons. The van der Waals surface area contributed by atoms with Crippen molar-refractivity contribution in [2.45, 2.75) is 12.3 Å². The first-order valence-corrected chi connectivity index (χ1v) is 9.24. The summed E-state index contributed by atoms with van der Waals surface area (Å²) in [5, 5.41) is 3.84. The van der Waals surface area contributed by atoms with Crippen LogP contribution in [-0.2, 0) is 0 Å². The average molecular weight is 384 g/mol. The molecule has 4 heteroatoms. The van der Waals surface area contributed by atoms with Crippen LogP contribution >= 0.6 is 23.2 Å². The Morgan fingerprint density at radius 1 is 0.846 bits per heavy atom. The maximum absolute atomic E-state index is 12.4. The van der Waals surface area contributed by atoms with E-state index in [0.29, 0.717) is 22.2 Å². The molecule has 0 heterocycles. The van der Waals surface area contributed by atoms with E-state index in [1.807, 2.05) is 36.4 Å². The molecule has 0 aliphatic heterocycles. The molecule has 0 unspecified atom stereocenters. The second kappa shape index (κ2) is 8.88. The van der Waals surface area contributed by atoms with E-state index < -0.39 is 0 Å². The highest BCUT2D eigenvalue weighted by atomic mass is 35.5. The molecule has 0 saturated heterocycles. The van der Waals surface area contributed by atoms with Gasteiger partial charge in [0, 0.05) is 17.5 Å². The summed E-state index contributed by atoms with van der Waals surface area (Å²) in [7, 11) is 0. The molecule has 0 bridgehead atoms. The molecule has 0 atom stereocenters. The zero-order valence-electron chi connectivity index (χ0n) is 14.2. The molecule has 0 saturated carbocycles. The number of hydrogen-bond acceptors (Lipinski definition) is 1. The fourth-order valence-corrected chi connectivity index (χ4v) is 3.37. The third-order valence-electron chi connectivity index (χ3n) is 4.30. The number of halogens is 2. The monoisotopic (exact) mass is 383 g/mol. The van der Waals surface area contributed by atoms with E-state index in [1.54, 1.807) is 18.2 Å². The van der Waals surface area contributed by atoms with Gasteiger partial charge in [-0.1, -0.05) is 83.9 Å². The minimum atomic E-state index is -0.211. The highest BCUT2D eigenvalue weighted by Gasteiger charge is 2.15. The lowest BCUT2D eigenvalue weighted by molar-refractivity contribution is 0.0953. The van der Waals surface area contributed by atoms with E-state index in [1.165, 1.54) is 11.1 Å². The number of rotatable bonds is 6. The van der Waals surface area contributed by atoms with Crippen LogP contribution in [0.15, 0.2) is 78.9 Å². The van der Waals surface area contributed by atoms with Crippen molar-refractivity contribution in [3.8, 4) is 0 Å². The molecule has 3 aromatic rings. The molecule has 1 amide bonds. The molecular weight excluding hydrogens is 365 g/mol.